The van der Waals surface area contributed by atoms with Crippen molar-refractivity contribution < 1.29 is 28.7 Å². The average molecular weight is 637 g/mol. The molecule has 0 aliphatic rings. The summed E-state index contributed by atoms with van der Waals surface area (Å²) in [5.74, 6) is 0.285. The molecule has 8 heteroatoms. The monoisotopic (exact) mass is 636 g/mol. The van der Waals surface area contributed by atoms with E-state index in [2.05, 4.69) is 10.6 Å². The number of rotatable bonds is 12. The van der Waals surface area contributed by atoms with Gasteiger partial charge in [0.1, 0.15) is 11.5 Å². The summed E-state index contributed by atoms with van der Waals surface area (Å²) in [6.07, 6.45) is 6.35. The molecule has 0 aromatic heterocycles. The van der Waals surface area contributed by atoms with Crippen molar-refractivity contribution in [1.29, 1.82) is 0 Å². The van der Waals surface area contributed by atoms with Gasteiger partial charge in [-0.2, -0.15) is 0 Å². The Labute approximate surface area is 278 Å². The van der Waals surface area contributed by atoms with Gasteiger partial charge >= 0.3 is 0 Å². The van der Waals surface area contributed by atoms with E-state index in [9.17, 15) is 19.2 Å². The van der Waals surface area contributed by atoms with E-state index >= 15 is 0 Å². The van der Waals surface area contributed by atoms with E-state index in [4.69, 9.17) is 9.47 Å². The number of hydrogen-bond donors (Lipinski definition) is 2. The molecule has 5 aromatic carbocycles. The third kappa shape index (κ3) is 8.80. The number of hydrogen-bond acceptors (Lipinski definition) is 6. The molecule has 0 unspecified atom stereocenters. The van der Waals surface area contributed by atoms with Crippen molar-refractivity contribution in [1.82, 2.24) is 0 Å². The van der Waals surface area contributed by atoms with Gasteiger partial charge in [0, 0.05) is 33.6 Å². The number of methoxy groups -OCH3 is 2. The van der Waals surface area contributed by atoms with Gasteiger partial charge in [-0.3, -0.25) is 19.2 Å². The fourth-order valence-corrected chi connectivity index (χ4v) is 4.65. The lowest BCUT2D eigenvalue weighted by Crippen LogP contribution is -2.12. The standard InChI is InChI=1S/C40H32N2O6/c1-47-35-19-15-29(16-20-35)39(45)41-33-7-3-5-31(25-33)37(43)23-13-27-9-11-28(12-10-27)14-24-38(44)32-6-4-8-34(26-32)42-40(46)30-17-21-36(48-2)22-18-30/h3-26H,1-2H3,(H,41,45)(H,42,46)/b23-13+,24-14+. The molecule has 0 bridgehead atoms. The summed E-state index contributed by atoms with van der Waals surface area (Å²) in [6, 6.07) is 34.3. The average Bonchev–Trinajstić information content (AvgIpc) is 3.13. The molecule has 0 radical (unpaired) electrons. The number of nitrogens with one attached hydrogen (secondary N) is 2. The highest BCUT2D eigenvalue weighted by Gasteiger charge is 2.10. The van der Waals surface area contributed by atoms with Crippen LogP contribution in [0.1, 0.15) is 52.6 Å². The SMILES string of the molecule is COc1ccc(C(=O)Nc2cccc(C(=O)/C=C/c3ccc(/C=C/C(=O)c4cccc(NC(=O)c5ccc(OC)cc5)c4)cc3)c2)cc1. The molecule has 2 amide bonds. The van der Waals surface area contributed by atoms with Crippen molar-refractivity contribution in [2.24, 2.45) is 0 Å². The quantitative estimate of drug-likeness (QED) is 0.106. The summed E-state index contributed by atoms with van der Waals surface area (Å²) in [6.45, 7) is 0. The van der Waals surface area contributed by atoms with Gasteiger partial charge in [-0.25, -0.2) is 0 Å². The van der Waals surface area contributed by atoms with Crippen LogP contribution in [0.4, 0.5) is 11.4 Å². The minimum atomic E-state index is -0.295. The Kier molecular flexibility index (Phi) is 10.7. The second-order valence-electron chi connectivity index (χ2n) is 10.6. The van der Waals surface area contributed by atoms with E-state index in [0.717, 1.165) is 11.1 Å². The van der Waals surface area contributed by atoms with Gasteiger partial charge in [0.05, 0.1) is 14.2 Å². The first kappa shape index (κ1) is 32.8. The van der Waals surface area contributed by atoms with Gasteiger partial charge in [0.2, 0.25) is 0 Å². The number of carbonyl (C=O) groups excluding carboxylic acids is 4. The second-order valence-corrected chi connectivity index (χ2v) is 10.6. The lowest BCUT2D eigenvalue weighted by Gasteiger charge is -2.07. The van der Waals surface area contributed by atoms with Crippen molar-refractivity contribution in [3.63, 3.8) is 0 Å². The maximum absolute atomic E-state index is 12.9. The Balaban J connectivity index is 1.15. The van der Waals surface area contributed by atoms with Crippen LogP contribution in [0.3, 0.4) is 0 Å². The first-order chi connectivity index (χ1) is 23.3. The topological polar surface area (TPSA) is 111 Å². The van der Waals surface area contributed by atoms with E-state index in [1.807, 2.05) is 24.3 Å². The highest BCUT2D eigenvalue weighted by atomic mass is 16.5. The number of benzene rings is 5. The van der Waals surface area contributed by atoms with Gasteiger partial charge in [-0.1, -0.05) is 60.7 Å². The highest BCUT2D eigenvalue weighted by molar-refractivity contribution is 6.10. The molecule has 8 nitrogen and oxygen atoms in total. The number of anilines is 2. The summed E-state index contributed by atoms with van der Waals surface area (Å²) < 4.78 is 10.3. The summed E-state index contributed by atoms with van der Waals surface area (Å²) in [7, 11) is 3.12. The predicted octanol–water partition coefficient (Wildman–Crippen LogP) is 8.00. The van der Waals surface area contributed by atoms with E-state index in [1.54, 1.807) is 123 Å². The van der Waals surface area contributed by atoms with Gasteiger partial charge in [-0.15, -0.1) is 0 Å². The Morgan fingerprint density at radius 2 is 0.854 bits per heavy atom. The molecule has 0 aliphatic carbocycles. The van der Waals surface area contributed by atoms with Crippen molar-refractivity contribution in [3.05, 3.63) is 167 Å². The molecule has 48 heavy (non-hydrogen) atoms. The van der Waals surface area contributed by atoms with E-state index in [0.29, 0.717) is 45.1 Å². The molecular formula is C40H32N2O6. The van der Waals surface area contributed by atoms with Crippen LogP contribution in [0.15, 0.2) is 133 Å². The minimum Gasteiger partial charge on any atom is -0.497 e. The summed E-state index contributed by atoms with van der Waals surface area (Å²) in [5.41, 5.74) is 4.41. The van der Waals surface area contributed by atoms with Crippen molar-refractivity contribution in [2.45, 2.75) is 0 Å². The van der Waals surface area contributed by atoms with Crippen molar-refractivity contribution in [2.75, 3.05) is 24.9 Å². The zero-order chi connectivity index (χ0) is 33.9. The lowest BCUT2D eigenvalue weighted by molar-refractivity contribution is 0.101. The largest absolute Gasteiger partial charge is 0.497 e. The van der Waals surface area contributed by atoms with Crippen LogP contribution in [0.25, 0.3) is 12.2 Å². The predicted molar refractivity (Wildman–Crippen MR) is 188 cm³/mol. The van der Waals surface area contributed by atoms with Gasteiger partial charge in [0.15, 0.2) is 11.6 Å². The van der Waals surface area contributed by atoms with Crippen LogP contribution in [-0.2, 0) is 0 Å². The Hall–Kier alpha value is -6.54. The smallest absolute Gasteiger partial charge is 0.255 e. The molecule has 0 saturated heterocycles. The Morgan fingerprint density at radius 1 is 0.479 bits per heavy atom. The zero-order valence-electron chi connectivity index (χ0n) is 26.3. The maximum atomic E-state index is 12.9. The maximum Gasteiger partial charge on any atom is 0.255 e. The number of ether oxygens (including phenoxy) is 2. The van der Waals surface area contributed by atoms with Crippen LogP contribution in [0.5, 0.6) is 11.5 Å². The van der Waals surface area contributed by atoms with Crippen LogP contribution < -0.4 is 20.1 Å². The van der Waals surface area contributed by atoms with E-state index in [-0.39, 0.29) is 23.4 Å². The molecule has 0 fully saturated rings. The first-order valence-corrected chi connectivity index (χ1v) is 15.0. The first-order valence-electron chi connectivity index (χ1n) is 15.0. The van der Waals surface area contributed by atoms with Crippen LogP contribution >= 0.6 is 0 Å². The van der Waals surface area contributed by atoms with E-state index in [1.165, 1.54) is 12.2 Å². The normalized spacial score (nSPS) is 10.9. The number of carbonyl (C=O) groups is 4. The molecule has 5 aromatic rings. The number of ketones is 2. The highest BCUT2D eigenvalue weighted by Crippen LogP contribution is 2.18. The molecule has 0 heterocycles. The molecule has 2 N–H and O–H groups in total. The second kappa shape index (κ2) is 15.6. The molecule has 238 valence electrons. The molecule has 0 spiro atoms. The van der Waals surface area contributed by atoms with Crippen LogP contribution in [-0.4, -0.2) is 37.6 Å². The Bertz CT molecular complexity index is 1850. The molecule has 0 aliphatic heterocycles. The molecule has 5 rings (SSSR count). The van der Waals surface area contributed by atoms with Crippen molar-refractivity contribution >= 4 is 46.9 Å². The van der Waals surface area contributed by atoms with Gasteiger partial charge in [0.25, 0.3) is 11.8 Å². The summed E-state index contributed by atoms with van der Waals surface area (Å²) >= 11 is 0. The molecule has 0 saturated carbocycles. The zero-order valence-corrected chi connectivity index (χ0v) is 26.3. The summed E-state index contributed by atoms with van der Waals surface area (Å²) in [4.78, 5) is 50.9. The fourth-order valence-electron chi connectivity index (χ4n) is 4.65. The van der Waals surface area contributed by atoms with Crippen LogP contribution in [0.2, 0.25) is 0 Å². The van der Waals surface area contributed by atoms with Gasteiger partial charge in [-0.05, 0) is 96.1 Å². The minimum absolute atomic E-state index is 0.215. The number of allylic oxidation sites excluding steroid dienone is 2. The molecule has 0 atom stereocenters. The summed E-state index contributed by atoms with van der Waals surface area (Å²) in [5, 5.41) is 5.63. The van der Waals surface area contributed by atoms with Crippen LogP contribution in [0, 0.1) is 0 Å². The Morgan fingerprint density at radius 3 is 1.21 bits per heavy atom. The number of amides is 2. The van der Waals surface area contributed by atoms with Gasteiger partial charge < -0.3 is 20.1 Å². The third-order valence-corrected chi connectivity index (χ3v) is 7.31. The van der Waals surface area contributed by atoms with E-state index < -0.39 is 0 Å². The lowest BCUT2D eigenvalue weighted by atomic mass is 10.1. The molecular weight excluding hydrogens is 604 g/mol. The van der Waals surface area contributed by atoms with Crippen molar-refractivity contribution in [3.8, 4) is 11.5 Å². The fraction of sp³-hybridized carbons (Fsp3) is 0.0500. The third-order valence-electron chi connectivity index (χ3n) is 7.31.